The van der Waals surface area contributed by atoms with Gasteiger partial charge in [0.25, 0.3) is 5.91 Å². The van der Waals surface area contributed by atoms with Crippen LogP contribution in [0.25, 0.3) is 33.0 Å². The Kier molecular flexibility index (Phi) is 6.23. The van der Waals surface area contributed by atoms with Crippen molar-refractivity contribution in [3.05, 3.63) is 101 Å². The first-order valence-electron chi connectivity index (χ1n) is 11.3. The number of para-hydroxylation sites is 1. The van der Waals surface area contributed by atoms with Crippen molar-refractivity contribution in [3.8, 4) is 17.1 Å². The van der Waals surface area contributed by atoms with Crippen molar-refractivity contribution in [1.29, 1.82) is 0 Å². The Morgan fingerprint density at radius 1 is 0.972 bits per heavy atom. The van der Waals surface area contributed by atoms with Crippen LogP contribution >= 0.6 is 0 Å². The fourth-order valence-electron chi connectivity index (χ4n) is 4.10. The van der Waals surface area contributed by atoms with Gasteiger partial charge in [0.05, 0.1) is 5.39 Å². The Hall–Kier alpha value is -4.85. The van der Waals surface area contributed by atoms with E-state index >= 15 is 0 Å². The highest BCUT2D eigenvalue weighted by molar-refractivity contribution is 5.87. The van der Waals surface area contributed by atoms with Crippen molar-refractivity contribution in [2.45, 2.75) is 12.5 Å². The summed E-state index contributed by atoms with van der Waals surface area (Å²) in [5, 5.41) is 14.3. The van der Waals surface area contributed by atoms with Gasteiger partial charge in [-0.1, -0.05) is 36.4 Å². The second kappa shape index (κ2) is 9.79. The number of ether oxygens (including phenoxy) is 1. The smallest absolute Gasteiger partial charge is 0.344 e. The molecule has 8 nitrogen and oxygen atoms in total. The number of fused-ring (bicyclic) bond motifs is 2. The summed E-state index contributed by atoms with van der Waals surface area (Å²) in [7, 11) is 0. The maximum atomic E-state index is 12.4. The van der Waals surface area contributed by atoms with Crippen LogP contribution in [-0.2, 0) is 16.0 Å². The van der Waals surface area contributed by atoms with Crippen LogP contribution < -0.4 is 15.7 Å². The zero-order valence-electron chi connectivity index (χ0n) is 19.1. The van der Waals surface area contributed by atoms with E-state index in [1.807, 2.05) is 36.4 Å². The minimum Gasteiger partial charge on any atom is -0.484 e. The number of hydrogen-bond acceptors (Lipinski definition) is 5. The molecule has 0 unspecified atom stereocenters. The second-order valence-corrected chi connectivity index (χ2v) is 8.32. The normalized spacial score (nSPS) is 11.9. The molecule has 5 rings (SSSR count). The second-order valence-electron chi connectivity index (χ2n) is 8.32. The quantitative estimate of drug-likeness (QED) is 0.306. The van der Waals surface area contributed by atoms with E-state index in [0.717, 1.165) is 21.9 Å². The number of H-pyrrole nitrogens is 1. The average Bonchev–Trinajstić information content (AvgIpc) is 3.30. The predicted octanol–water partition coefficient (Wildman–Crippen LogP) is 4.13. The van der Waals surface area contributed by atoms with Gasteiger partial charge >= 0.3 is 11.6 Å². The standard InChI is InChI=1S/C28H22N2O6/c31-26(30-24(27(32)33)13-19-15-29-23-8-4-3-6-21(19)23)16-35-20-11-9-17(10-12-20)25-14-18-5-1-2-7-22(18)28(34)36-25/h1-12,14-15,24,29H,13,16H2,(H,30,31)(H,32,33)/t24-/m0/s1. The summed E-state index contributed by atoms with van der Waals surface area (Å²) in [6, 6.07) is 22.2. The molecule has 1 atom stereocenters. The van der Waals surface area contributed by atoms with E-state index in [1.54, 1.807) is 48.7 Å². The van der Waals surface area contributed by atoms with Crippen LogP contribution in [-0.4, -0.2) is 34.6 Å². The first-order valence-corrected chi connectivity index (χ1v) is 11.3. The van der Waals surface area contributed by atoms with Crippen molar-refractivity contribution in [2.24, 2.45) is 0 Å². The molecule has 0 aliphatic heterocycles. The van der Waals surface area contributed by atoms with Crippen LogP contribution in [0, 0.1) is 0 Å². The number of nitrogens with one attached hydrogen (secondary N) is 2. The highest BCUT2D eigenvalue weighted by Gasteiger charge is 2.22. The van der Waals surface area contributed by atoms with Gasteiger partial charge in [0, 0.05) is 29.1 Å². The van der Waals surface area contributed by atoms with E-state index in [1.165, 1.54) is 0 Å². The molecule has 8 heteroatoms. The largest absolute Gasteiger partial charge is 0.484 e. The van der Waals surface area contributed by atoms with Gasteiger partial charge in [0.2, 0.25) is 0 Å². The van der Waals surface area contributed by atoms with Gasteiger partial charge in [0.15, 0.2) is 6.61 Å². The number of benzene rings is 3. The molecule has 180 valence electrons. The monoisotopic (exact) mass is 482 g/mol. The minimum absolute atomic E-state index is 0.136. The molecule has 0 saturated carbocycles. The lowest BCUT2D eigenvalue weighted by atomic mass is 10.1. The first-order chi connectivity index (χ1) is 17.5. The average molecular weight is 482 g/mol. The van der Waals surface area contributed by atoms with Gasteiger partial charge in [-0.25, -0.2) is 9.59 Å². The number of carbonyl (C=O) groups is 2. The number of amides is 1. The highest BCUT2D eigenvalue weighted by Crippen LogP contribution is 2.24. The van der Waals surface area contributed by atoms with Gasteiger partial charge in [-0.05, 0) is 53.4 Å². The Bertz CT molecular complexity index is 1620. The molecule has 2 heterocycles. The van der Waals surface area contributed by atoms with Crippen molar-refractivity contribution < 1.29 is 23.8 Å². The summed E-state index contributed by atoms with van der Waals surface area (Å²) in [4.78, 5) is 39.5. The zero-order valence-corrected chi connectivity index (χ0v) is 19.1. The van der Waals surface area contributed by atoms with Crippen molar-refractivity contribution in [3.63, 3.8) is 0 Å². The van der Waals surface area contributed by atoms with E-state index in [2.05, 4.69) is 10.3 Å². The number of hydrogen-bond donors (Lipinski definition) is 3. The van der Waals surface area contributed by atoms with Crippen molar-refractivity contribution in [2.75, 3.05) is 6.61 Å². The number of rotatable bonds is 8. The molecule has 0 aliphatic rings. The van der Waals surface area contributed by atoms with Gasteiger partial charge in [-0.2, -0.15) is 0 Å². The van der Waals surface area contributed by atoms with E-state index < -0.39 is 23.5 Å². The fraction of sp³-hybridized carbons (Fsp3) is 0.107. The lowest BCUT2D eigenvalue weighted by Crippen LogP contribution is -2.44. The van der Waals surface area contributed by atoms with Crippen LogP contribution in [0.1, 0.15) is 5.56 Å². The summed E-state index contributed by atoms with van der Waals surface area (Å²) in [5.41, 5.74) is 1.97. The number of aliphatic carboxylic acids is 1. The maximum Gasteiger partial charge on any atom is 0.344 e. The molecule has 0 saturated heterocycles. The molecular formula is C28H22N2O6. The Balaban J connectivity index is 1.22. The first kappa shape index (κ1) is 22.9. The van der Waals surface area contributed by atoms with Crippen molar-refractivity contribution in [1.82, 2.24) is 10.3 Å². The van der Waals surface area contributed by atoms with E-state index in [0.29, 0.717) is 22.5 Å². The van der Waals surface area contributed by atoms with E-state index in [-0.39, 0.29) is 13.0 Å². The summed E-state index contributed by atoms with van der Waals surface area (Å²) in [5.74, 6) is -0.841. The molecule has 0 radical (unpaired) electrons. The number of aromatic nitrogens is 1. The molecule has 1 amide bonds. The molecule has 0 fully saturated rings. The number of carboxylic acid groups (broad SMARTS) is 1. The summed E-state index contributed by atoms with van der Waals surface area (Å²) >= 11 is 0. The van der Waals surface area contributed by atoms with E-state index in [4.69, 9.17) is 9.15 Å². The third-order valence-corrected chi connectivity index (χ3v) is 5.91. The lowest BCUT2D eigenvalue weighted by molar-refractivity contribution is -0.142. The number of carbonyl (C=O) groups excluding carboxylic acids is 1. The number of aromatic amines is 1. The summed E-state index contributed by atoms with van der Waals surface area (Å²) in [6.45, 7) is -0.345. The Morgan fingerprint density at radius 2 is 1.69 bits per heavy atom. The third kappa shape index (κ3) is 4.83. The van der Waals surface area contributed by atoms with Crippen LogP contribution in [0.4, 0.5) is 0 Å². The van der Waals surface area contributed by atoms with Gasteiger partial charge in [-0.3, -0.25) is 4.79 Å². The molecule has 5 aromatic rings. The Labute approximate surface area is 205 Å². The van der Waals surface area contributed by atoms with Gasteiger partial charge in [-0.15, -0.1) is 0 Å². The molecule has 3 aromatic carbocycles. The van der Waals surface area contributed by atoms with Crippen LogP contribution in [0.2, 0.25) is 0 Å². The maximum absolute atomic E-state index is 12.4. The van der Waals surface area contributed by atoms with Crippen LogP contribution in [0.3, 0.4) is 0 Å². The topological polar surface area (TPSA) is 122 Å². The van der Waals surface area contributed by atoms with Crippen molar-refractivity contribution >= 4 is 33.6 Å². The molecular weight excluding hydrogens is 460 g/mol. The molecule has 0 aliphatic carbocycles. The lowest BCUT2D eigenvalue weighted by Gasteiger charge is -2.15. The number of carboxylic acids is 1. The summed E-state index contributed by atoms with van der Waals surface area (Å²) < 4.78 is 11.0. The van der Waals surface area contributed by atoms with Crippen LogP contribution in [0.5, 0.6) is 5.75 Å². The highest BCUT2D eigenvalue weighted by atomic mass is 16.5. The molecule has 3 N–H and O–H groups in total. The van der Waals surface area contributed by atoms with Crippen LogP contribution in [0.15, 0.2) is 94.3 Å². The minimum atomic E-state index is -1.13. The predicted molar refractivity (Wildman–Crippen MR) is 135 cm³/mol. The molecule has 36 heavy (non-hydrogen) atoms. The SMILES string of the molecule is O=C(COc1ccc(-c2cc3ccccc3c(=O)o2)cc1)N[C@@H](Cc1c[nH]c2ccccc12)C(=O)O. The van der Waals surface area contributed by atoms with Gasteiger partial charge in [0.1, 0.15) is 17.6 Å². The molecule has 0 bridgehead atoms. The molecule has 2 aromatic heterocycles. The van der Waals surface area contributed by atoms with Gasteiger partial charge < -0.3 is 24.6 Å². The van der Waals surface area contributed by atoms with E-state index in [9.17, 15) is 19.5 Å². The Morgan fingerprint density at radius 3 is 2.47 bits per heavy atom. The molecule has 0 spiro atoms. The zero-order chi connectivity index (χ0) is 25.1. The third-order valence-electron chi connectivity index (χ3n) is 5.91. The fourth-order valence-corrected chi connectivity index (χ4v) is 4.10. The summed E-state index contributed by atoms with van der Waals surface area (Å²) in [6.07, 6.45) is 1.89.